The van der Waals surface area contributed by atoms with Gasteiger partial charge in [0, 0.05) is 0 Å². The first-order valence-corrected chi connectivity index (χ1v) is 3.27. The number of hydrogen-bond acceptors (Lipinski definition) is 4. The lowest BCUT2D eigenvalue weighted by molar-refractivity contribution is 1.05. The van der Waals surface area contributed by atoms with E-state index < -0.39 is 0 Å². The van der Waals surface area contributed by atoms with Crippen molar-refractivity contribution in [2.45, 2.75) is 0 Å². The molecule has 56 valence electrons. The van der Waals surface area contributed by atoms with Crippen LogP contribution in [0.15, 0.2) is 6.33 Å². The number of H-pyrrole nitrogens is 3. The van der Waals surface area contributed by atoms with Crippen LogP contribution in [0.4, 0.5) is 0 Å². The van der Waals surface area contributed by atoms with E-state index in [2.05, 4.69) is 30.4 Å². The molecule has 6 nitrogen and oxygen atoms in total. The van der Waals surface area contributed by atoms with E-state index in [4.69, 9.17) is 12.2 Å². The molecule has 0 saturated heterocycles. The molecular formula is C4H4N6S. The number of nitrogens with one attached hydrogen (secondary N) is 3. The second-order valence-electron chi connectivity index (χ2n) is 1.85. The van der Waals surface area contributed by atoms with Gasteiger partial charge in [-0.2, -0.15) is 10.1 Å². The first kappa shape index (κ1) is 6.23. The maximum atomic E-state index is 4.75. The van der Waals surface area contributed by atoms with E-state index in [1.165, 1.54) is 6.33 Å². The molecule has 0 aliphatic rings. The van der Waals surface area contributed by atoms with Crippen molar-refractivity contribution in [1.29, 1.82) is 0 Å². The Kier molecular flexibility index (Phi) is 1.29. The highest BCUT2D eigenvalue weighted by Crippen LogP contribution is 2.03. The molecule has 0 bridgehead atoms. The highest BCUT2D eigenvalue weighted by molar-refractivity contribution is 7.71. The number of hydrogen-bond donors (Lipinski definition) is 3. The van der Waals surface area contributed by atoms with Gasteiger partial charge in [-0.1, -0.05) is 0 Å². The molecule has 0 saturated carbocycles. The Morgan fingerprint density at radius 1 is 1.27 bits per heavy atom. The molecular weight excluding hydrogens is 164 g/mol. The Balaban J connectivity index is 2.53. The van der Waals surface area contributed by atoms with Gasteiger partial charge >= 0.3 is 0 Å². The van der Waals surface area contributed by atoms with Gasteiger partial charge in [-0.05, 0) is 12.2 Å². The molecule has 0 atom stereocenters. The average Bonchev–Trinajstić information content (AvgIpc) is 2.55. The molecule has 0 aliphatic heterocycles. The largest absolute Gasteiger partial charge is 0.279 e. The highest BCUT2D eigenvalue weighted by Gasteiger charge is 2.01. The molecule has 0 aromatic carbocycles. The van der Waals surface area contributed by atoms with Crippen molar-refractivity contribution >= 4 is 12.2 Å². The smallest absolute Gasteiger partial charge is 0.213 e. The van der Waals surface area contributed by atoms with Crippen molar-refractivity contribution in [1.82, 2.24) is 30.4 Å². The van der Waals surface area contributed by atoms with Gasteiger partial charge in [0.15, 0.2) is 11.6 Å². The summed E-state index contributed by atoms with van der Waals surface area (Å²) in [6, 6.07) is 0. The van der Waals surface area contributed by atoms with Crippen LogP contribution in [-0.2, 0) is 0 Å². The van der Waals surface area contributed by atoms with Crippen molar-refractivity contribution in [3.8, 4) is 11.6 Å². The fraction of sp³-hybridized carbons (Fsp3) is 0. The van der Waals surface area contributed by atoms with Crippen molar-refractivity contribution in [2.24, 2.45) is 0 Å². The third-order valence-electron chi connectivity index (χ3n) is 1.14. The quantitative estimate of drug-likeness (QED) is 0.533. The predicted octanol–water partition coefficient (Wildman–Crippen LogP) is 0.252. The normalized spacial score (nSPS) is 10.2. The first-order valence-electron chi connectivity index (χ1n) is 2.86. The van der Waals surface area contributed by atoms with Crippen molar-refractivity contribution in [2.75, 3.05) is 0 Å². The monoisotopic (exact) mass is 168 g/mol. The van der Waals surface area contributed by atoms with Gasteiger partial charge in [0.2, 0.25) is 4.77 Å². The van der Waals surface area contributed by atoms with Crippen LogP contribution in [0, 0.1) is 4.77 Å². The average molecular weight is 168 g/mol. The van der Waals surface area contributed by atoms with Gasteiger partial charge < -0.3 is 0 Å². The fourth-order valence-corrected chi connectivity index (χ4v) is 0.844. The van der Waals surface area contributed by atoms with Crippen LogP contribution in [0.1, 0.15) is 0 Å². The van der Waals surface area contributed by atoms with Crippen LogP contribution >= 0.6 is 12.2 Å². The van der Waals surface area contributed by atoms with E-state index >= 15 is 0 Å². The summed E-state index contributed by atoms with van der Waals surface area (Å²) < 4.78 is 0.399. The van der Waals surface area contributed by atoms with Crippen LogP contribution in [0.2, 0.25) is 0 Å². The van der Waals surface area contributed by atoms with Crippen LogP contribution in [-0.4, -0.2) is 30.4 Å². The standard InChI is InChI=1S/C4H4N6S/c11-4-7-3(9-10-4)2-5-1-6-8-2/h1H,(H,5,6,8)(H2,7,9,10,11). The summed E-state index contributed by atoms with van der Waals surface area (Å²) in [7, 11) is 0. The maximum Gasteiger partial charge on any atom is 0.213 e. The topological polar surface area (TPSA) is 86.0 Å². The van der Waals surface area contributed by atoms with Gasteiger partial charge in [-0.3, -0.25) is 15.3 Å². The van der Waals surface area contributed by atoms with Crippen LogP contribution in [0.25, 0.3) is 11.6 Å². The third-order valence-corrected chi connectivity index (χ3v) is 1.33. The van der Waals surface area contributed by atoms with Crippen molar-refractivity contribution in [3.05, 3.63) is 11.1 Å². The molecule has 11 heavy (non-hydrogen) atoms. The Morgan fingerprint density at radius 2 is 2.18 bits per heavy atom. The lowest BCUT2D eigenvalue weighted by Gasteiger charge is -1.82. The summed E-state index contributed by atoms with van der Waals surface area (Å²) in [5.41, 5.74) is 0. The van der Waals surface area contributed by atoms with Gasteiger partial charge in [-0.25, -0.2) is 4.98 Å². The SMILES string of the molecule is S=c1nc(-c2ncn[nH]2)[nH][nH]1. The summed E-state index contributed by atoms with van der Waals surface area (Å²) in [5, 5.41) is 11.7. The number of rotatable bonds is 1. The van der Waals surface area contributed by atoms with E-state index in [0.717, 1.165) is 0 Å². The summed E-state index contributed by atoms with van der Waals surface area (Å²) in [6.07, 6.45) is 1.40. The molecule has 3 N–H and O–H groups in total. The van der Waals surface area contributed by atoms with E-state index in [9.17, 15) is 0 Å². The first-order chi connectivity index (χ1) is 5.36. The zero-order chi connectivity index (χ0) is 7.68. The van der Waals surface area contributed by atoms with Gasteiger partial charge in [-0.15, -0.1) is 0 Å². The molecule has 0 aliphatic carbocycles. The van der Waals surface area contributed by atoms with Gasteiger partial charge in [0.05, 0.1) is 0 Å². The number of nitrogens with zero attached hydrogens (tertiary/aromatic N) is 3. The molecule has 0 unspecified atom stereocenters. The van der Waals surface area contributed by atoms with Crippen LogP contribution in [0.5, 0.6) is 0 Å². The Bertz CT molecular complexity index is 383. The Labute approximate surface area is 66.1 Å². The van der Waals surface area contributed by atoms with E-state index in [1.54, 1.807) is 0 Å². The lowest BCUT2D eigenvalue weighted by atomic mass is 10.6. The van der Waals surface area contributed by atoms with Gasteiger partial charge in [0.1, 0.15) is 6.33 Å². The minimum atomic E-state index is 0.399. The van der Waals surface area contributed by atoms with E-state index in [0.29, 0.717) is 16.4 Å². The molecule has 2 aromatic heterocycles. The van der Waals surface area contributed by atoms with E-state index in [-0.39, 0.29) is 0 Å². The second-order valence-corrected chi connectivity index (χ2v) is 2.24. The molecule has 2 rings (SSSR count). The van der Waals surface area contributed by atoms with Crippen molar-refractivity contribution in [3.63, 3.8) is 0 Å². The van der Waals surface area contributed by atoms with Crippen molar-refractivity contribution < 1.29 is 0 Å². The molecule has 0 spiro atoms. The second kappa shape index (κ2) is 2.27. The number of aromatic amines is 3. The summed E-state index contributed by atoms with van der Waals surface area (Å²) in [4.78, 5) is 7.80. The minimum Gasteiger partial charge on any atom is -0.279 e. The molecule has 0 fully saturated rings. The third kappa shape index (κ3) is 1.05. The van der Waals surface area contributed by atoms with Gasteiger partial charge in [0.25, 0.3) is 0 Å². The Morgan fingerprint density at radius 3 is 2.73 bits per heavy atom. The molecule has 2 heterocycles. The maximum absolute atomic E-state index is 4.75. The minimum absolute atomic E-state index is 0.399. The summed E-state index contributed by atoms with van der Waals surface area (Å²) in [6.45, 7) is 0. The van der Waals surface area contributed by atoms with Crippen LogP contribution < -0.4 is 0 Å². The zero-order valence-electron chi connectivity index (χ0n) is 5.33. The fourth-order valence-electron chi connectivity index (χ4n) is 0.702. The molecule has 7 heteroatoms. The predicted molar refractivity (Wildman–Crippen MR) is 39.1 cm³/mol. The zero-order valence-corrected chi connectivity index (χ0v) is 6.14. The Hall–Kier alpha value is -1.50. The molecule has 0 amide bonds. The molecule has 2 aromatic rings. The molecule has 0 radical (unpaired) electrons. The van der Waals surface area contributed by atoms with Crippen LogP contribution in [0.3, 0.4) is 0 Å². The highest BCUT2D eigenvalue weighted by atomic mass is 32.1. The summed E-state index contributed by atoms with van der Waals surface area (Å²) in [5.74, 6) is 1.13. The van der Waals surface area contributed by atoms with E-state index in [1.807, 2.05) is 0 Å². The lowest BCUT2D eigenvalue weighted by Crippen LogP contribution is -1.82. The number of aromatic nitrogens is 6. The summed E-state index contributed by atoms with van der Waals surface area (Å²) >= 11 is 4.75.